The van der Waals surface area contributed by atoms with E-state index in [0.29, 0.717) is 19.7 Å². The molecule has 0 aromatic rings. The van der Waals surface area contributed by atoms with Crippen molar-refractivity contribution in [3.8, 4) is 0 Å². The summed E-state index contributed by atoms with van der Waals surface area (Å²) >= 11 is 0. The molecule has 1 heterocycles. The van der Waals surface area contributed by atoms with Crippen LogP contribution in [0, 0.1) is 0 Å². The Hall–Kier alpha value is -1.36. The lowest BCUT2D eigenvalue weighted by molar-refractivity contribution is -0.142. The van der Waals surface area contributed by atoms with E-state index in [2.05, 4.69) is 0 Å². The van der Waals surface area contributed by atoms with Gasteiger partial charge in [0.05, 0.1) is 12.2 Å². The first kappa shape index (κ1) is 13.7. The van der Waals surface area contributed by atoms with Crippen LogP contribution in [0.3, 0.4) is 0 Å². The molecule has 0 spiro atoms. The average molecular weight is 241 g/mol. The normalized spacial score (nSPS) is 20.8. The molecule has 0 aromatic heterocycles. The van der Waals surface area contributed by atoms with E-state index in [9.17, 15) is 9.59 Å². The van der Waals surface area contributed by atoms with Crippen LogP contribution >= 0.6 is 0 Å². The zero-order valence-electron chi connectivity index (χ0n) is 10.7. The van der Waals surface area contributed by atoms with Crippen molar-refractivity contribution in [2.24, 2.45) is 0 Å². The van der Waals surface area contributed by atoms with Gasteiger partial charge in [0.1, 0.15) is 0 Å². The van der Waals surface area contributed by atoms with Gasteiger partial charge in [0.25, 0.3) is 0 Å². The highest BCUT2D eigenvalue weighted by Gasteiger charge is 2.31. The highest BCUT2D eigenvalue weighted by Crippen LogP contribution is 2.19. The Labute approximate surface area is 101 Å². The minimum Gasteiger partial charge on any atom is -0.478 e. The van der Waals surface area contributed by atoms with E-state index in [1.54, 1.807) is 11.8 Å². The number of hydrogen-bond donors (Lipinski definition) is 1. The van der Waals surface area contributed by atoms with Crippen molar-refractivity contribution in [1.29, 1.82) is 0 Å². The number of morpholine rings is 1. The Morgan fingerprint density at radius 2 is 1.82 bits per heavy atom. The second-order valence-electron chi connectivity index (χ2n) is 4.89. The Morgan fingerprint density at radius 3 is 2.29 bits per heavy atom. The van der Waals surface area contributed by atoms with Crippen LogP contribution < -0.4 is 0 Å². The molecule has 0 aliphatic carbocycles. The maximum atomic E-state index is 12.1. The molecular formula is C12H19NO4. The molecule has 1 saturated heterocycles. The van der Waals surface area contributed by atoms with Gasteiger partial charge < -0.3 is 14.7 Å². The number of carbonyl (C=O) groups is 2. The van der Waals surface area contributed by atoms with Gasteiger partial charge in [0.2, 0.25) is 5.91 Å². The summed E-state index contributed by atoms with van der Waals surface area (Å²) in [5.41, 5.74) is 0.0141. The van der Waals surface area contributed by atoms with Crippen molar-refractivity contribution < 1.29 is 19.4 Å². The minimum absolute atomic E-state index is 0.0966. The first-order valence-electron chi connectivity index (χ1n) is 5.58. The molecule has 5 heteroatoms. The van der Waals surface area contributed by atoms with Crippen LogP contribution in [0.1, 0.15) is 27.7 Å². The number of ether oxygens (including phenoxy) is 1. The third-order valence-electron chi connectivity index (χ3n) is 2.92. The van der Waals surface area contributed by atoms with Crippen molar-refractivity contribution >= 4 is 11.9 Å². The van der Waals surface area contributed by atoms with Crippen LogP contribution in [-0.4, -0.2) is 47.2 Å². The Kier molecular flexibility index (Phi) is 3.93. The van der Waals surface area contributed by atoms with E-state index in [0.717, 1.165) is 0 Å². The predicted molar refractivity (Wildman–Crippen MR) is 62.6 cm³/mol. The molecule has 5 nitrogen and oxygen atoms in total. The van der Waals surface area contributed by atoms with Crippen LogP contribution in [-0.2, 0) is 14.3 Å². The minimum atomic E-state index is -1.05. The van der Waals surface area contributed by atoms with Gasteiger partial charge >= 0.3 is 5.97 Å². The quantitative estimate of drug-likeness (QED) is 0.734. The lowest BCUT2D eigenvalue weighted by Crippen LogP contribution is -2.50. The van der Waals surface area contributed by atoms with Crippen LogP contribution in [0.25, 0.3) is 0 Å². The summed E-state index contributed by atoms with van der Waals surface area (Å²) in [6.07, 6.45) is 0. The van der Waals surface area contributed by atoms with Gasteiger partial charge in [0.15, 0.2) is 0 Å². The molecule has 0 unspecified atom stereocenters. The van der Waals surface area contributed by atoms with Gasteiger partial charge in [-0.15, -0.1) is 0 Å². The lowest BCUT2D eigenvalue weighted by atomic mass is 10.1. The van der Waals surface area contributed by atoms with E-state index >= 15 is 0 Å². The van der Waals surface area contributed by atoms with E-state index in [1.807, 2.05) is 13.8 Å². The topological polar surface area (TPSA) is 66.8 Å². The van der Waals surface area contributed by atoms with Crippen LogP contribution in [0.15, 0.2) is 11.1 Å². The molecule has 0 aromatic carbocycles. The van der Waals surface area contributed by atoms with Crippen molar-refractivity contribution in [3.05, 3.63) is 11.1 Å². The van der Waals surface area contributed by atoms with Crippen molar-refractivity contribution in [2.75, 3.05) is 19.7 Å². The van der Waals surface area contributed by atoms with Gasteiger partial charge in [-0.3, -0.25) is 4.79 Å². The number of rotatable bonds is 2. The molecule has 1 aliphatic rings. The van der Waals surface area contributed by atoms with Gasteiger partial charge in [-0.1, -0.05) is 0 Å². The Bertz CT molecular complexity index is 371. The van der Waals surface area contributed by atoms with Gasteiger partial charge in [-0.05, 0) is 27.7 Å². The van der Waals surface area contributed by atoms with E-state index in [-0.39, 0.29) is 22.7 Å². The third-order valence-corrected chi connectivity index (χ3v) is 2.92. The number of hydrogen-bond acceptors (Lipinski definition) is 3. The smallest absolute Gasteiger partial charge is 0.331 e. The van der Waals surface area contributed by atoms with E-state index in [1.165, 1.54) is 6.92 Å². The van der Waals surface area contributed by atoms with Crippen LogP contribution in [0.2, 0.25) is 0 Å². The van der Waals surface area contributed by atoms with Gasteiger partial charge in [0, 0.05) is 24.2 Å². The number of amides is 1. The summed E-state index contributed by atoms with van der Waals surface area (Å²) in [7, 11) is 0. The summed E-state index contributed by atoms with van der Waals surface area (Å²) in [5.74, 6) is -1.27. The second-order valence-corrected chi connectivity index (χ2v) is 4.89. The van der Waals surface area contributed by atoms with Crippen molar-refractivity contribution in [1.82, 2.24) is 4.90 Å². The lowest BCUT2D eigenvalue weighted by Gasteiger charge is -2.38. The zero-order valence-corrected chi connectivity index (χ0v) is 10.7. The molecule has 1 N–H and O–H groups in total. The molecule has 1 aliphatic heterocycles. The Balaban J connectivity index is 2.84. The average Bonchev–Trinajstić information content (AvgIpc) is 2.24. The summed E-state index contributed by atoms with van der Waals surface area (Å²) in [4.78, 5) is 24.5. The Morgan fingerprint density at radius 1 is 1.24 bits per heavy atom. The standard InChI is InChI=1S/C12H19NO4/c1-8(9(2)11(15)16)10(14)13-5-6-17-12(3,4)7-13/h5-7H2,1-4H3,(H,15,16)/b9-8-. The largest absolute Gasteiger partial charge is 0.478 e. The maximum absolute atomic E-state index is 12.1. The predicted octanol–water partition coefficient (Wildman–Crippen LogP) is 1.04. The van der Waals surface area contributed by atoms with Gasteiger partial charge in [-0.25, -0.2) is 4.79 Å². The molecule has 1 fully saturated rings. The summed E-state index contributed by atoms with van der Waals surface area (Å²) in [6.45, 7) is 8.29. The van der Waals surface area contributed by atoms with E-state index in [4.69, 9.17) is 9.84 Å². The fourth-order valence-electron chi connectivity index (χ4n) is 1.75. The molecular weight excluding hydrogens is 222 g/mol. The fourth-order valence-corrected chi connectivity index (χ4v) is 1.75. The molecule has 96 valence electrons. The molecule has 0 saturated carbocycles. The number of nitrogens with zero attached hydrogens (tertiary/aromatic N) is 1. The van der Waals surface area contributed by atoms with Crippen molar-refractivity contribution in [2.45, 2.75) is 33.3 Å². The molecule has 1 amide bonds. The SMILES string of the molecule is C/C(C(=O)O)=C(\C)C(=O)N1CCOC(C)(C)C1. The monoisotopic (exact) mass is 241 g/mol. The maximum Gasteiger partial charge on any atom is 0.331 e. The highest BCUT2D eigenvalue weighted by atomic mass is 16.5. The number of carboxylic acids is 1. The number of aliphatic carboxylic acids is 1. The first-order valence-corrected chi connectivity index (χ1v) is 5.58. The van der Waals surface area contributed by atoms with Crippen molar-refractivity contribution in [3.63, 3.8) is 0 Å². The molecule has 17 heavy (non-hydrogen) atoms. The first-order chi connectivity index (χ1) is 7.74. The molecule has 0 radical (unpaired) electrons. The summed E-state index contributed by atoms with van der Waals surface area (Å²) < 4.78 is 5.51. The third kappa shape index (κ3) is 3.30. The second kappa shape index (κ2) is 4.87. The van der Waals surface area contributed by atoms with Crippen LogP contribution in [0.5, 0.6) is 0 Å². The fraction of sp³-hybridized carbons (Fsp3) is 0.667. The zero-order chi connectivity index (χ0) is 13.2. The molecule has 1 rings (SSSR count). The number of carbonyl (C=O) groups excluding carboxylic acids is 1. The molecule has 0 bridgehead atoms. The summed E-state index contributed by atoms with van der Waals surface area (Å²) in [6, 6.07) is 0. The van der Waals surface area contributed by atoms with Gasteiger partial charge in [-0.2, -0.15) is 0 Å². The number of carboxylic acid groups (broad SMARTS) is 1. The van der Waals surface area contributed by atoms with Crippen LogP contribution in [0.4, 0.5) is 0 Å². The highest BCUT2D eigenvalue weighted by molar-refractivity contribution is 6.01. The summed E-state index contributed by atoms with van der Waals surface area (Å²) in [5, 5.41) is 8.85. The van der Waals surface area contributed by atoms with E-state index < -0.39 is 5.97 Å². The molecule has 0 atom stereocenters.